The van der Waals surface area contributed by atoms with Crippen LogP contribution in [0.2, 0.25) is 0 Å². The molecular formula is C8H16ClN. The first-order valence-electron chi connectivity index (χ1n) is 4.04. The Balaban J connectivity index is 0.000000500. The van der Waals surface area contributed by atoms with Crippen molar-refractivity contribution in [2.24, 2.45) is 5.92 Å². The third-order valence-corrected chi connectivity index (χ3v) is 3.03. The molecule has 2 heteroatoms. The van der Waals surface area contributed by atoms with Crippen LogP contribution < -0.4 is 5.32 Å². The maximum Gasteiger partial charge on any atom is 0.0153 e. The summed E-state index contributed by atoms with van der Waals surface area (Å²) in [5.41, 5.74) is 0.536. The lowest BCUT2D eigenvalue weighted by molar-refractivity contribution is 0.134. The van der Waals surface area contributed by atoms with Gasteiger partial charge in [-0.2, -0.15) is 0 Å². The fraction of sp³-hybridized carbons (Fsp3) is 1.00. The minimum atomic E-state index is 0. The van der Waals surface area contributed by atoms with Crippen LogP contribution in [0, 0.1) is 5.92 Å². The zero-order chi connectivity index (χ0) is 6.32. The molecule has 10 heavy (non-hydrogen) atoms. The van der Waals surface area contributed by atoms with Crippen LogP contribution in [0.15, 0.2) is 0 Å². The van der Waals surface area contributed by atoms with E-state index in [9.17, 15) is 0 Å². The molecule has 0 aromatic rings. The first-order chi connectivity index (χ1) is 4.29. The Hall–Kier alpha value is 0.250. The molecule has 3 aliphatic rings. The minimum absolute atomic E-state index is 0. The van der Waals surface area contributed by atoms with Gasteiger partial charge in [-0.15, -0.1) is 12.4 Å². The Labute approximate surface area is 69.0 Å². The molecule has 0 aromatic heterocycles. The molecule has 2 heterocycles. The molecule has 1 nitrogen and oxygen atoms in total. The van der Waals surface area contributed by atoms with Crippen LogP contribution in [0.5, 0.6) is 0 Å². The summed E-state index contributed by atoms with van der Waals surface area (Å²) in [6, 6.07) is 0. The molecule has 3 fully saturated rings. The van der Waals surface area contributed by atoms with E-state index in [1.54, 1.807) is 0 Å². The summed E-state index contributed by atoms with van der Waals surface area (Å²) in [6.45, 7) is 3.65. The second kappa shape index (κ2) is 2.71. The minimum Gasteiger partial charge on any atom is -0.311 e. The molecule has 0 atom stereocenters. The molecule has 2 bridgehead atoms. The van der Waals surface area contributed by atoms with E-state index in [1.807, 2.05) is 0 Å². The van der Waals surface area contributed by atoms with Gasteiger partial charge in [-0.3, -0.25) is 0 Å². The topological polar surface area (TPSA) is 12.0 Å². The third-order valence-electron chi connectivity index (χ3n) is 3.03. The van der Waals surface area contributed by atoms with Crippen molar-refractivity contribution in [3.8, 4) is 0 Å². The lowest BCUT2D eigenvalue weighted by Crippen LogP contribution is -2.53. The molecule has 60 valence electrons. The Kier molecular flexibility index (Phi) is 2.26. The van der Waals surface area contributed by atoms with Crippen LogP contribution in [0.25, 0.3) is 0 Å². The van der Waals surface area contributed by atoms with E-state index in [0.717, 1.165) is 5.92 Å². The van der Waals surface area contributed by atoms with Crippen molar-refractivity contribution >= 4 is 12.4 Å². The summed E-state index contributed by atoms with van der Waals surface area (Å²) in [5.74, 6) is 1.02. The first-order valence-corrected chi connectivity index (χ1v) is 4.04. The molecule has 2 aliphatic heterocycles. The van der Waals surface area contributed by atoms with E-state index in [4.69, 9.17) is 0 Å². The van der Waals surface area contributed by atoms with Gasteiger partial charge in [-0.25, -0.2) is 0 Å². The second-order valence-corrected chi connectivity index (χ2v) is 3.88. The van der Waals surface area contributed by atoms with Crippen LogP contribution in [-0.2, 0) is 0 Å². The highest BCUT2D eigenvalue weighted by Crippen LogP contribution is 2.35. The summed E-state index contributed by atoms with van der Waals surface area (Å²) < 4.78 is 0. The van der Waals surface area contributed by atoms with Crippen LogP contribution >= 0.6 is 12.4 Å². The third kappa shape index (κ3) is 1.30. The molecule has 0 amide bonds. The van der Waals surface area contributed by atoms with Gasteiger partial charge in [0.05, 0.1) is 0 Å². The van der Waals surface area contributed by atoms with Gasteiger partial charge in [0, 0.05) is 5.54 Å². The number of fused-ring (bicyclic) bond motifs is 3. The number of nitrogens with one attached hydrogen (secondary N) is 1. The highest BCUT2D eigenvalue weighted by atomic mass is 35.5. The molecule has 1 saturated carbocycles. The van der Waals surface area contributed by atoms with E-state index in [1.165, 1.54) is 32.2 Å². The lowest BCUT2D eigenvalue weighted by Gasteiger charge is -2.45. The number of halogens is 1. The van der Waals surface area contributed by atoms with Crippen LogP contribution in [-0.4, -0.2) is 12.1 Å². The van der Waals surface area contributed by atoms with E-state index >= 15 is 0 Å². The quantitative estimate of drug-likeness (QED) is 0.573. The Bertz CT molecular complexity index is 103. The van der Waals surface area contributed by atoms with E-state index in [-0.39, 0.29) is 12.4 Å². The largest absolute Gasteiger partial charge is 0.311 e. The molecule has 1 aliphatic carbocycles. The smallest absolute Gasteiger partial charge is 0.0153 e. The number of rotatable bonds is 0. The maximum absolute atomic E-state index is 3.59. The molecular weight excluding hydrogens is 146 g/mol. The average molecular weight is 162 g/mol. The summed E-state index contributed by atoms with van der Waals surface area (Å²) in [4.78, 5) is 0. The van der Waals surface area contributed by atoms with Gasteiger partial charge in [0.15, 0.2) is 0 Å². The molecule has 0 aromatic carbocycles. The summed E-state index contributed by atoms with van der Waals surface area (Å²) in [5, 5.41) is 3.59. The van der Waals surface area contributed by atoms with Gasteiger partial charge in [0.1, 0.15) is 0 Å². The lowest BCUT2D eigenvalue weighted by atomic mass is 9.73. The average Bonchev–Trinajstić information content (AvgIpc) is 1.90. The summed E-state index contributed by atoms with van der Waals surface area (Å²) >= 11 is 0. The van der Waals surface area contributed by atoms with Crippen molar-refractivity contribution in [3.05, 3.63) is 0 Å². The van der Waals surface area contributed by atoms with Crippen molar-refractivity contribution < 1.29 is 0 Å². The van der Waals surface area contributed by atoms with Crippen molar-refractivity contribution in [2.75, 3.05) is 6.54 Å². The zero-order valence-electron chi connectivity index (χ0n) is 6.52. The zero-order valence-corrected chi connectivity index (χ0v) is 7.34. The van der Waals surface area contributed by atoms with E-state index in [0.29, 0.717) is 5.54 Å². The SMILES string of the molecule is CC12CCC(CC1)CN2.Cl. The first kappa shape index (κ1) is 8.35. The number of hydrogen-bond acceptors (Lipinski definition) is 1. The van der Waals surface area contributed by atoms with Gasteiger partial charge >= 0.3 is 0 Å². The van der Waals surface area contributed by atoms with Crippen LogP contribution in [0.1, 0.15) is 32.6 Å². The monoisotopic (exact) mass is 161 g/mol. The molecule has 2 saturated heterocycles. The highest BCUT2D eigenvalue weighted by molar-refractivity contribution is 5.85. The fourth-order valence-electron chi connectivity index (χ4n) is 2.09. The molecule has 0 unspecified atom stereocenters. The van der Waals surface area contributed by atoms with Gasteiger partial charge in [0.25, 0.3) is 0 Å². The fourth-order valence-corrected chi connectivity index (χ4v) is 2.09. The van der Waals surface area contributed by atoms with Crippen molar-refractivity contribution in [1.29, 1.82) is 0 Å². The van der Waals surface area contributed by atoms with Gasteiger partial charge in [0.2, 0.25) is 0 Å². The maximum atomic E-state index is 3.59. The van der Waals surface area contributed by atoms with Gasteiger partial charge in [-0.1, -0.05) is 0 Å². The van der Waals surface area contributed by atoms with E-state index in [2.05, 4.69) is 12.2 Å². The van der Waals surface area contributed by atoms with Crippen molar-refractivity contribution in [2.45, 2.75) is 38.1 Å². The molecule has 0 radical (unpaired) electrons. The summed E-state index contributed by atoms with van der Waals surface area (Å²) in [7, 11) is 0. The van der Waals surface area contributed by atoms with Crippen LogP contribution in [0.4, 0.5) is 0 Å². The number of hydrogen-bond donors (Lipinski definition) is 1. The predicted octanol–water partition coefficient (Wildman–Crippen LogP) is 1.96. The van der Waals surface area contributed by atoms with Gasteiger partial charge < -0.3 is 5.32 Å². The predicted molar refractivity (Wildman–Crippen MR) is 45.6 cm³/mol. The van der Waals surface area contributed by atoms with Crippen LogP contribution in [0.3, 0.4) is 0 Å². The molecule has 0 spiro atoms. The molecule has 3 rings (SSSR count). The Morgan fingerprint density at radius 3 is 2.10 bits per heavy atom. The Morgan fingerprint density at radius 1 is 1.30 bits per heavy atom. The van der Waals surface area contributed by atoms with Gasteiger partial charge in [-0.05, 0) is 45.1 Å². The Morgan fingerprint density at radius 2 is 1.90 bits per heavy atom. The molecule has 1 N–H and O–H groups in total. The standard InChI is InChI=1S/C8H15N.ClH/c1-8-4-2-7(3-5-8)6-9-8;/h7,9H,2-6H2,1H3;1H. The summed E-state index contributed by atoms with van der Waals surface area (Å²) in [6.07, 6.45) is 5.78. The van der Waals surface area contributed by atoms with E-state index < -0.39 is 0 Å². The van der Waals surface area contributed by atoms with Crippen molar-refractivity contribution in [3.63, 3.8) is 0 Å². The van der Waals surface area contributed by atoms with Crippen molar-refractivity contribution in [1.82, 2.24) is 5.32 Å². The highest BCUT2D eigenvalue weighted by Gasteiger charge is 2.35. The normalized spacial score (nSPS) is 44.7. The second-order valence-electron chi connectivity index (χ2n) is 3.88. The number of piperidine rings is 2.